The number of aromatic nitrogens is 1. The number of carbonyl (C=O) groups is 2. The zero-order valence-electron chi connectivity index (χ0n) is 15.7. The lowest BCUT2D eigenvalue weighted by Gasteiger charge is -2.13. The van der Waals surface area contributed by atoms with Gasteiger partial charge in [-0.1, -0.05) is 30.3 Å². The van der Waals surface area contributed by atoms with Gasteiger partial charge in [-0.3, -0.25) is 14.9 Å². The summed E-state index contributed by atoms with van der Waals surface area (Å²) in [5, 5.41) is 15.8. The van der Waals surface area contributed by atoms with Crippen LogP contribution in [0.4, 0.5) is 5.69 Å². The minimum atomic E-state index is -0.403. The lowest BCUT2D eigenvalue weighted by molar-refractivity contribution is -0.122. The molecular weight excluding hydrogens is 354 g/mol. The van der Waals surface area contributed by atoms with Crippen LogP contribution < -0.4 is 10.6 Å². The van der Waals surface area contributed by atoms with E-state index in [0.717, 1.165) is 22.2 Å². The molecule has 4 rings (SSSR count). The number of hydrogen-bond donors (Lipinski definition) is 3. The van der Waals surface area contributed by atoms with Crippen LogP contribution in [0.15, 0.2) is 54.7 Å². The van der Waals surface area contributed by atoms with Crippen LogP contribution >= 0.6 is 0 Å². The van der Waals surface area contributed by atoms with Crippen molar-refractivity contribution in [2.45, 2.75) is 13.0 Å². The fraction of sp³-hybridized carbons (Fsp3) is 0.182. The molecule has 6 heteroatoms. The van der Waals surface area contributed by atoms with Gasteiger partial charge in [0.05, 0.1) is 17.8 Å². The minimum absolute atomic E-state index is 0.00679. The number of aliphatic hydroxyl groups is 1. The Labute approximate surface area is 162 Å². The molecule has 0 spiro atoms. The zero-order chi connectivity index (χ0) is 19.8. The predicted octanol–water partition coefficient (Wildman–Crippen LogP) is 2.54. The first-order valence-corrected chi connectivity index (χ1v) is 9.12. The molecule has 1 aliphatic rings. The normalized spacial score (nSPS) is 15.2. The van der Waals surface area contributed by atoms with Crippen LogP contribution in [0.3, 0.4) is 0 Å². The second-order valence-corrected chi connectivity index (χ2v) is 7.01. The molecule has 0 radical (unpaired) electrons. The van der Waals surface area contributed by atoms with E-state index in [1.54, 1.807) is 0 Å². The Hall–Kier alpha value is -3.38. The number of hydrogen-bond acceptors (Lipinski definition) is 4. The van der Waals surface area contributed by atoms with E-state index in [9.17, 15) is 14.7 Å². The maximum absolute atomic E-state index is 12.7. The van der Waals surface area contributed by atoms with Crippen LogP contribution in [0.5, 0.6) is 0 Å². The van der Waals surface area contributed by atoms with Gasteiger partial charge in [0.2, 0.25) is 0 Å². The predicted molar refractivity (Wildman–Crippen MR) is 109 cm³/mol. The van der Waals surface area contributed by atoms with Crippen LogP contribution in [0, 0.1) is 0 Å². The number of fused-ring (bicyclic) bond motifs is 1. The molecule has 28 heavy (non-hydrogen) atoms. The van der Waals surface area contributed by atoms with E-state index in [0.29, 0.717) is 16.7 Å². The lowest BCUT2D eigenvalue weighted by atomic mass is 9.95. The van der Waals surface area contributed by atoms with Crippen molar-refractivity contribution in [1.82, 2.24) is 9.88 Å². The monoisotopic (exact) mass is 375 g/mol. The fourth-order valence-corrected chi connectivity index (χ4v) is 3.62. The molecule has 2 aromatic carbocycles. The van der Waals surface area contributed by atoms with Gasteiger partial charge in [0.1, 0.15) is 0 Å². The Morgan fingerprint density at radius 3 is 2.61 bits per heavy atom. The Morgan fingerprint density at radius 1 is 1.07 bits per heavy atom. The number of nitrogens with one attached hydrogen (secondary N) is 2. The molecule has 3 N–H and O–H groups in total. The third-order valence-corrected chi connectivity index (χ3v) is 4.94. The molecule has 2 amide bonds. The van der Waals surface area contributed by atoms with Gasteiger partial charge in [-0.2, -0.15) is 0 Å². The first kappa shape index (κ1) is 18.0. The molecule has 142 valence electrons. The molecule has 0 saturated heterocycles. The van der Waals surface area contributed by atoms with Gasteiger partial charge in [0.25, 0.3) is 11.8 Å². The fourth-order valence-electron chi connectivity index (χ4n) is 3.62. The average Bonchev–Trinajstić information content (AvgIpc) is 3.17. The second kappa shape index (κ2) is 6.98. The highest BCUT2D eigenvalue weighted by atomic mass is 16.3. The van der Waals surface area contributed by atoms with Crippen molar-refractivity contribution in [3.63, 3.8) is 0 Å². The molecule has 1 atom stereocenters. The van der Waals surface area contributed by atoms with Crippen LogP contribution in [-0.2, 0) is 16.6 Å². The van der Waals surface area contributed by atoms with E-state index in [1.165, 1.54) is 0 Å². The summed E-state index contributed by atoms with van der Waals surface area (Å²) in [6.07, 6.45) is 1.88. The molecule has 3 aromatic rings. The van der Waals surface area contributed by atoms with Crippen molar-refractivity contribution in [2.75, 3.05) is 11.9 Å². The highest BCUT2D eigenvalue weighted by Gasteiger charge is 2.33. The van der Waals surface area contributed by atoms with Crippen LogP contribution in [0.1, 0.15) is 18.1 Å². The van der Waals surface area contributed by atoms with Gasteiger partial charge in [0, 0.05) is 41.4 Å². The maximum Gasteiger partial charge on any atom is 0.259 e. The number of nitrogens with zero attached hydrogens (tertiary/aromatic N) is 1. The molecule has 0 bridgehead atoms. The van der Waals surface area contributed by atoms with Crippen molar-refractivity contribution >= 4 is 39.6 Å². The van der Waals surface area contributed by atoms with Gasteiger partial charge in [-0.15, -0.1) is 0 Å². The number of imide groups is 1. The number of anilines is 1. The van der Waals surface area contributed by atoms with Crippen molar-refractivity contribution < 1.29 is 14.7 Å². The van der Waals surface area contributed by atoms with Crippen molar-refractivity contribution in [3.05, 3.63) is 65.9 Å². The van der Waals surface area contributed by atoms with Crippen LogP contribution in [0.25, 0.3) is 22.0 Å². The summed E-state index contributed by atoms with van der Waals surface area (Å²) in [5.41, 5.74) is 3.90. The Bertz CT molecular complexity index is 1130. The Kier molecular flexibility index (Phi) is 4.49. The smallest absolute Gasteiger partial charge is 0.259 e. The van der Waals surface area contributed by atoms with Crippen LogP contribution in [0.2, 0.25) is 0 Å². The third kappa shape index (κ3) is 2.97. The van der Waals surface area contributed by atoms with Gasteiger partial charge < -0.3 is 15.0 Å². The molecule has 1 unspecified atom stereocenters. The summed E-state index contributed by atoms with van der Waals surface area (Å²) >= 11 is 0. The van der Waals surface area contributed by atoms with E-state index in [-0.39, 0.29) is 12.6 Å². The largest absolute Gasteiger partial charge is 0.394 e. The number of aliphatic hydroxyl groups excluding tert-OH is 1. The second-order valence-electron chi connectivity index (χ2n) is 7.01. The standard InChI is InChI=1S/C22H21N3O3/c1-13(12-26)23-15-7-5-6-14(10-15)19-20(22(28)24-21(19)27)17-11-25(2)18-9-4-3-8-16(17)18/h3-11,13,23,26H,12H2,1-2H3,(H,24,27,28). The molecule has 0 saturated carbocycles. The number of benzene rings is 2. The Morgan fingerprint density at radius 2 is 1.82 bits per heavy atom. The first-order valence-electron chi connectivity index (χ1n) is 9.12. The van der Waals surface area contributed by atoms with Crippen molar-refractivity contribution in [3.8, 4) is 0 Å². The highest BCUT2D eigenvalue weighted by Crippen LogP contribution is 2.36. The molecular formula is C22H21N3O3. The summed E-state index contributed by atoms with van der Waals surface area (Å²) in [4.78, 5) is 25.3. The van der Waals surface area contributed by atoms with Crippen LogP contribution in [-0.4, -0.2) is 34.1 Å². The summed E-state index contributed by atoms with van der Waals surface area (Å²) in [6.45, 7) is 1.85. The summed E-state index contributed by atoms with van der Waals surface area (Å²) in [7, 11) is 1.92. The lowest BCUT2D eigenvalue weighted by Crippen LogP contribution is -2.22. The van der Waals surface area contributed by atoms with E-state index >= 15 is 0 Å². The number of rotatable bonds is 5. The molecule has 1 aromatic heterocycles. The molecule has 1 aliphatic heterocycles. The quantitative estimate of drug-likeness (QED) is 0.599. The van der Waals surface area contributed by atoms with Gasteiger partial charge in [0.15, 0.2) is 0 Å². The SMILES string of the molecule is CC(CO)Nc1cccc(C2=C(c3cn(C)c4ccccc34)C(=O)NC2=O)c1. The van der Waals surface area contributed by atoms with E-state index in [4.69, 9.17) is 0 Å². The van der Waals surface area contributed by atoms with Gasteiger partial charge in [-0.25, -0.2) is 0 Å². The molecule has 6 nitrogen and oxygen atoms in total. The first-order chi connectivity index (χ1) is 13.5. The topological polar surface area (TPSA) is 83.4 Å². The van der Waals surface area contributed by atoms with E-state index < -0.39 is 11.8 Å². The minimum Gasteiger partial charge on any atom is -0.394 e. The van der Waals surface area contributed by atoms with E-state index in [2.05, 4.69) is 10.6 Å². The number of aryl methyl sites for hydroxylation is 1. The van der Waals surface area contributed by atoms with Crippen molar-refractivity contribution in [2.24, 2.45) is 7.05 Å². The summed E-state index contributed by atoms with van der Waals surface area (Å²) in [5.74, 6) is -0.793. The number of amides is 2. The summed E-state index contributed by atoms with van der Waals surface area (Å²) in [6, 6.07) is 15.0. The molecule has 2 heterocycles. The van der Waals surface area contributed by atoms with Crippen molar-refractivity contribution in [1.29, 1.82) is 0 Å². The number of carbonyl (C=O) groups excluding carboxylic acids is 2. The highest BCUT2D eigenvalue weighted by molar-refractivity contribution is 6.50. The average molecular weight is 375 g/mol. The van der Waals surface area contributed by atoms with E-state index in [1.807, 2.05) is 73.3 Å². The summed E-state index contributed by atoms with van der Waals surface area (Å²) < 4.78 is 1.95. The molecule has 0 fully saturated rings. The maximum atomic E-state index is 12.7. The Balaban J connectivity index is 1.90. The third-order valence-electron chi connectivity index (χ3n) is 4.94. The van der Waals surface area contributed by atoms with Gasteiger partial charge >= 0.3 is 0 Å². The zero-order valence-corrected chi connectivity index (χ0v) is 15.7. The van der Waals surface area contributed by atoms with Gasteiger partial charge in [-0.05, 0) is 30.7 Å². The molecule has 0 aliphatic carbocycles. The number of para-hydroxylation sites is 1.